The van der Waals surface area contributed by atoms with Crippen LogP contribution >= 0.6 is 0 Å². The SMILES string of the molecule is Nc1c(S(=O)(=O)CC(=O)O)nnn1CCN1CCCC1. The molecule has 3 N–H and O–H groups in total. The fourth-order valence-electron chi connectivity index (χ4n) is 2.16. The van der Waals surface area contributed by atoms with Gasteiger partial charge in [-0.25, -0.2) is 13.1 Å². The predicted molar refractivity (Wildman–Crippen MR) is 69.8 cm³/mol. The highest BCUT2D eigenvalue weighted by molar-refractivity contribution is 7.92. The van der Waals surface area contributed by atoms with Crippen molar-refractivity contribution >= 4 is 21.6 Å². The van der Waals surface area contributed by atoms with Crippen LogP contribution in [-0.2, 0) is 21.2 Å². The molecule has 1 aliphatic rings. The van der Waals surface area contributed by atoms with Crippen molar-refractivity contribution in [2.24, 2.45) is 0 Å². The molecule has 9 nitrogen and oxygen atoms in total. The van der Waals surface area contributed by atoms with Crippen molar-refractivity contribution in [3.63, 3.8) is 0 Å². The third-order valence-corrected chi connectivity index (χ3v) is 4.68. The second-order valence-electron chi connectivity index (χ2n) is 4.70. The molecule has 0 bridgehead atoms. The Morgan fingerprint density at radius 3 is 2.55 bits per heavy atom. The summed E-state index contributed by atoms with van der Waals surface area (Å²) in [7, 11) is -4.04. The zero-order chi connectivity index (χ0) is 14.8. The van der Waals surface area contributed by atoms with E-state index >= 15 is 0 Å². The number of hydrogen-bond acceptors (Lipinski definition) is 7. The monoisotopic (exact) mass is 303 g/mol. The number of carboxylic acid groups (broad SMARTS) is 1. The molecular formula is C10H17N5O4S. The molecular weight excluding hydrogens is 286 g/mol. The first-order valence-electron chi connectivity index (χ1n) is 6.26. The number of rotatable bonds is 6. The van der Waals surface area contributed by atoms with Gasteiger partial charge in [-0.1, -0.05) is 5.21 Å². The van der Waals surface area contributed by atoms with Gasteiger partial charge in [-0.2, -0.15) is 0 Å². The van der Waals surface area contributed by atoms with Gasteiger partial charge < -0.3 is 15.7 Å². The molecule has 1 aromatic heterocycles. The summed E-state index contributed by atoms with van der Waals surface area (Å²) in [5.74, 6) is -2.59. The zero-order valence-electron chi connectivity index (χ0n) is 10.9. The van der Waals surface area contributed by atoms with Crippen LogP contribution in [0.4, 0.5) is 5.82 Å². The van der Waals surface area contributed by atoms with Crippen LogP contribution in [0, 0.1) is 0 Å². The van der Waals surface area contributed by atoms with Gasteiger partial charge >= 0.3 is 5.97 Å². The molecule has 0 unspecified atom stereocenters. The fraction of sp³-hybridized carbons (Fsp3) is 0.700. The number of aliphatic carboxylic acids is 1. The first kappa shape index (κ1) is 14.7. The van der Waals surface area contributed by atoms with Crippen molar-refractivity contribution in [3.05, 3.63) is 0 Å². The van der Waals surface area contributed by atoms with Crippen molar-refractivity contribution in [1.82, 2.24) is 19.9 Å². The van der Waals surface area contributed by atoms with Gasteiger partial charge in [0.25, 0.3) is 0 Å². The van der Waals surface area contributed by atoms with Gasteiger partial charge in [-0.3, -0.25) is 4.79 Å². The summed E-state index contributed by atoms with van der Waals surface area (Å²) in [6.45, 7) is 3.17. The van der Waals surface area contributed by atoms with Crippen LogP contribution in [0.1, 0.15) is 12.8 Å². The van der Waals surface area contributed by atoms with Gasteiger partial charge in [0.2, 0.25) is 14.9 Å². The first-order valence-corrected chi connectivity index (χ1v) is 7.91. The molecule has 0 aliphatic carbocycles. The molecule has 1 aliphatic heterocycles. The van der Waals surface area contributed by atoms with Crippen LogP contribution in [0.25, 0.3) is 0 Å². The molecule has 20 heavy (non-hydrogen) atoms. The van der Waals surface area contributed by atoms with Gasteiger partial charge in [0.15, 0.2) is 11.6 Å². The molecule has 1 fully saturated rings. The minimum atomic E-state index is -4.04. The molecule has 2 rings (SSSR count). The van der Waals surface area contributed by atoms with Gasteiger partial charge in [0, 0.05) is 6.54 Å². The van der Waals surface area contributed by atoms with Crippen LogP contribution < -0.4 is 5.73 Å². The van der Waals surface area contributed by atoms with E-state index in [0.29, 0.717) is 13.1 Å². The number of nitrogens with two attached hydrogens (primary N) is 1. The fourth-order valence-corrected chi connectivity index (χ4v) is 3.21. The van der Waals surface area contributed by atoms with Crippen molar-refractivity contribution in [2.45, 2.75) is 24.4 Å². The lowest BCUT2D eigenvalue weighted by Crippen LogP contribution is -2.25. The van der Waals surface area contributed by atoms with Gasteiger partial charge in [-0.15, -0.1) is 5.10 Å². The Labute approximate surface area is 116 Å². The Kier molecular flexibility index (Phi) is 4.23. The van der Waals surface area contributed by atoms with E-state index in [4.69, 9.17) is 10.8 Å². The number of nitrogen functional groups attached to an aromatic ring is 1. The van der Waals surface area contributed by atoms with Crippen LogP contribution in [0.5, 0.6) is 0 Å². The highest BCUT2D eigenvalue weighted by Crippen LogP contribution is 2.16. The van der Waals surface area contributed by atoms with E-state index in [9.17, 15) is 13.2 Å². The Morgan fingerprint density at radius 2 is 1.95 bits per heavy atom. The third-order valence-electron chi connectivity index (χ3n) is 3.18. The molecule has 1 aromatic rings. The molecule has 0 aromatic carbocycles. The molecule has 2 heterocycles. The summed E-state index contributed by atoms with van der Waals surface area (Å²) < 4.78 is 24.8. The van der Waals surface area contributed by atoms with Crippen molar-refractivity contribution in [3.8, 4) is 0 Å². The molecule has 0 saturated carbocycles. The van der Waals surface area contributed by atoms with E-state index in [-0.39, 0.29) is 5.82 Å². The molecule has 10 heteroatoms. The van der Waals surface area contributed by atoms with Crippen molar-refractivity contribution in [1.29, 1.82) is 0 Å². The lowest BCUT2D eigenvalue weighted by molar-refractivity contribution is -0.134. The second-order valence-corrected chi connectivity index (χ2v) is 6.61. The summed E-state index contributed by atoms with van der Waals surface area (Å²) in [5, 5.41) is 15.3. The van der Waals surface area contributed by atoms with Crippen molar-refractivity contribution < 1.29 is 18.3 Å². The average Bonchev–Trinajstić information content (AvgIpc) is 2.94. The highest BCUT2D eigenvalue weighted by atomic mass is 32.2. The number of sulfone groups is 1. The maximum absolute atomic E-state index is 11.8. The maximum Gasteiger partial charge on any atom is 0.319 e. The molecule has 112 valence electrons. The molecule has 0 radical (unpaired) electrons. The maximum atomic E-state index is 11.8. The largest absolute Gasteiger partial charge is 0.480 e. The number of likely N-dealkylation sites (tertiary alicyclic amines) is 1. The number of aromatic nitrogens is 3. The molecule has 1 saturated heterocycles. The van der Waals surface area contributed by atoms with Gasteiger partial charge in [-0.05, 0) is 25.9 Å². The van der Waals surface area contributed by atoms with E-state index in [1.54, 1.807) is 0 Å². The summed E-state index contributed by atoms with van der Waals surface area (Å²) in [4.78, 5) is 12.8. The standard InChI is InChI=1S/C10H17N5O4S/c11-9-10(20(18,19)7-8(16)17)12-13-15(9)6-5-14-3-1-2-4-14/h1-7,11H2,(H,16,17). The lowest BCUT2D eigenvalue weighted by Gasteiger charge is -2.14. The van der Waals surface area contributed by atoms with Crippen LogP contribution in [0.2, 0.25) is 0 Å². The number of carboxylic acids is 1. The molecule has 0 spiro atoms. The Hall–Kier alpha value is -1.68. The third kappa shape index (κ3) is 3.25. The van der Waals surface area contributed by atoms with Crippen LogP contribution in [0.3, 0.4) is 0 Å². The number of carbonyl (C=O) groups is 1. The number of nitrogens with zero attached hydrogens (tertiary/aromatic N) is 4. The Balaban J connectivity index is 2.08. The average molecular weight is 303 g/mol. The number of hydrogen-bond donors (Lipinski definition) is 2. The summed E-state index contributed by atoms with van der Waals surface area (Å²) in [6, 6.07) is 0. The number of anilines is 1. The normalized spacial score (nSPS) is 16.6. The van der Waals surface area contributed by atoms with Crippen LogP contribution in [0.15, 0.2) is 5.03 Å². The van der Waals surface area contributed by atoms with E-state index in [1.807, 2.05) is 0 Å². The first-order chi connectivity index (χ1) is 9.40. The van der Waals surface area contributed by atoms with Gasteiger partial charge in [0.05, 0.1) is 6.54 Å². The second kappa shape index (κ2) is 5.75. The van der Waals surface area contributed by atoms with E-state index in [1.165, 1.54) is 4.68 Å². The van der Waals surface area contributed by atoms with E-state index < -0.39 is 26.6 Å². The minimum absolute atomic E-state index is 0.106. The quantitative estimate of drug-likeness (QED) is 0.671. The highest BCUT2D eigenvalue weighted by Gasteiger charge is 2.27. The molecule has 0 atom stereocenters. The summed E-state index contributed by atoms with van der Waals surface area (Å²) in [5.41, 5.74) is 5.70. The van der Waals surface area contributed by atoms with Crippen LogP contribution in [-0.4, -0.2) is 64.8 Å². The van der Waals surface area contributed by atoms with E-state index in [0.717, 1.165) is 25.9 Å². The lowest BCUT2D eigenvalue weighted by atomic mass is 10.4. The predicted octanol–water partition coefficient (Wildman–Crippen LogP) is -1.19. The Morgan fingerprint density at radius 1 is 1.30 bits per heavy atom. The van der Waals surface area contributed by atoms with Gasteiger partial charge in [0.1, 0.15) is 0 Å². The zero-order valence-corrected chi connectivity index (χ0v) is 11.7. The van der Waals surface area contributed by atoms with Crippen molar-refractivity contribution in [2.75, 3.05) is 31.1 Å². The van der Waals surface area contributed by atoms with E-state index in [2.05, 4.69) is 15.2 Å². The summed E-state index contributed by atoms with van der Waals surface area (Å²) >= 11 is 0. The Bertz CT molecular complexity index is 591. The topological polar surface area (TPSA) is 131 Å². The summed E-state index contributed by atoms with van der Waals surface area (Å²) in [6.07, 6.45) is 2.32. The smallest absolute Gasteiger partial charge is 0.319 e. The molecule has 0 amide bonds. The minimum Gasteiger partial charge on any atom is -0.480 e.